The van der Waals surface area contributed by atoms with E-state index in [0.29, 0.717) is 41.5 Å². The second-order valence-corrected chi connectivity index (χ2v) is 7.82. The monoisotopic (exact) mass is 373 g/mol. The fourth-order valence-corrected chi connectivity index (χ4v) is 3.86. The van der Waals surface area contributed by atoms with Gasteiger partial charge in [-0.2, -0.15) is 0 Å². The van der Waals surface area contributed by atoms with Crippen LogP contribution in [0.5, 0.6) is 0 Å². The van der Waals surface area contributed by atoms with Gasteiger partial charge in [0.15, 0.2) is 5.16 Å². The lowest BCUT2D eigenvalue weighted by molar-refractivity contribution is -0.140. The molecule has 0 atom stereocenters. The van der Waals surface area contributed by atoms with Gasteiger partial charge < -0.3 is 0 Å². The zero-order valence-corrected chi connectivity index (χ0v) is 15.9. The van der Waals surface area contributed by atoms with Crippen LogP contribution in [0.4, 0.5) is 0 Å². The summed E-state index contributed by atoms with van der Waals surface area (Å²) < 4.78 is 1.66. The molecule has 0 bridgehead atoms. The van der Waals surface area contributed by atoms with Gasteiger partial charge in [0.2, 0.25) is 11.8 Å². The van der Waals surface area contributed by atoms with E-state index in [2.05, 4.69) is 18.8 Å². The Hall–Kier alpha value is -2.15. The first kappa shape index (κ1) is 18.6. The van der Waals surface area contributed by atoms with E-state index in [0.717, 1.165) is 12.8 Å². The van der Waals surface area contributed by atoms with E-state index >= 15 is 0 Å². The van der Waals surface area contributed by atoms with Gasteiger partial charge in [0, 0.05) is 19.5 Å². The zero-order chi connectivity index (χ0) is 18.7. The number of amides is 2. The second kappa shape index (κ2) is 8.03. The smallest absolute Gasteiger partial charge is 0.262 e. The average molecular weight is 373 g/mol. The van der Waals surface area contributed by atoms with Gasteiger partial charge in [0.1, 0.15) is 0 Å². The Balaban J connectivity index is 1.87. The van der Waals surface area contributed by atoms with Crippen molar-refractivity contribution in [2.24, 2.45) is 5.92 Å². The molecular formula is C19H23N3O3S. The highest BCUT2D eigenvalue weighted by atomic mass is 32.2. The number of para-hydroxylation sites is 1. The molecule has 26 heavy (non-hydrogen) atoms. The lowest BCUT2D eigenvalue weighted by Gasteiger charge is -2.16. The van der Waals surface area contributed by atoms with Gasteiger partial charge in [0.25, 0.3) is 5.56 Å². The SMILES string of the molecule is CC(C)CCn1c(SCC(=O)N2CCCC2=O)nc2ccccc2c1=O. The average Bonchev–Trinajstić information content (AvgIpc) is 3.05. The number of hydrogen-bond donors (Lipinski definition) is 0. The quantitative estimate of drug-likeness (QED) is 0.575. The van der Waals surface area contributed by atoms with E-state index < -0.39 is 0 Å². The van der Waals surface area contributed by atoms with Crippen LogP contribution in [-0.4, -0.2) is 38.6 Å². The maximum Gasteiger partial charge on any atom is 0.262 e. The molecule has 0 saturated carbocycles. The van der Waals surface area contributed by atoms with Crippen LogP contribution < -0.4 is 5.56 Å². The Labute approximate surface area is 156 Å². The molecule has 7 heteroatoms. The van der Waals surface area contributed by atoms with Crippen LogP contribution in [0.3, 0.4) is 0 Å². The number of benzene rings is 1. The Bertz CT molecular complexity index is 891. The topological polar surface area (TPSA) is 72.3 Å². The van der Waals surface area contributed by atoms with E-state index in [1.165, 1.54) is 16.7 Å². The standard InChI is InChI=1S/C19H23N3O3S/c1-13(2)9-11-22-18(25)14-6-3-4-7-15(14)20-19(22)26-12-17(24)21-10-5-8-16(21)23/h3-4,6-7,13H,5,8-12H2,1-2H3. The van der Waals surface area contributed by atoms with Gasteiger partial charge >= 0.3 is 0 Å². The molecule has 0 aliphatic carbocycles. The van der Waals surface area contributed by atoms with Crippen molar-refractivity contribution in [2.45, 2.75) is 44.8 Å². The first-order valence-corrected chi connectivity index (χ1v) is 9.91. The molecule has 1 aliphatic heterocycles. The summed E-state index contributed by atoms with van der Waals surface area (Å²) in [6.07, 6.45) is 2.01. The summed E-state index contributed by atoms with van der Waals surface area (Å²) in [6, 6.07) is 7.25. The molecule has 0 radical (unpaired) electrons. The number of fused-ring (bicyclic) bond motifs is 1. The van der Waals surface area contributed by atoms with Crippen molar-refractivity contribution in [1.82, 2.24) is 14.5 Å². The van der Waals surface area contributed by atoms with Crippen LogP contribution in [0, 0.1) is 5.92 Å². The molecule has 3 rings (SSSR count). The Morgan fingerprint density at radius 3 is 2.73 bits per heavy atom. The minimum atomic E-state index is -0.213. The van der Waals surface area contributed by atoms with E-state index in [1.807, 2.05) is 12.1 Å². The number of nitrogens with zero attached hydrogens (tertiary/aromatic N) is 3. The van der Waals surface area contributed by atoms with E-state index in [-0.39, 0.29) is 23.1 Å². The van der Waals surface area contributed by atoms with Crippen molar-refractivity contribution in [2.75, 3.05) is 12.3 Å². The number of aromatic nitrogens is 2. The summed E-state index contributed by atoms with van der Waals surface area (Å²) in [5.41, 5.74) is 0.550. The van der Waals surface area contributed by atoms with Crippen LogP contribution in [0.25, 0.3) is 10.9 Å². The fraction of sp³-hybridized carbons (Fsp3) is 0.474. The summed E-state index contributed by atoms with van der Waals surface area (Å²) in [5.74, 6) is 0.239. The normalized spacial score (nSPS) is 14.6. The lowest BCUT2D eigenvalue weighted by atomic mass is 10.1. The minimum Gasteiger partial charge on any atom is -0.287 e. The minimum absolute atomic E-state index is 0.0801. The molecular weight excluding hydrogens is 350 g/mol. The maximum atomic E-state index is 12.9. The van der Waals surface area contributed by atoms with Crippen LogP contribution in [0.15, 0.2) is 34.2 Å². The van der Waals surface area contributed by atoms with E-state index in [9.17, 15) is 14.4 Å². The molecule has 1 aromatic heterocycles. The highest BCUT2D eigenvalue weighted by Crippen LogP contribution is 2.20. The van der Waals surface area contributed by atoms with Crippen LogP contribution in [-0.2, 0) is 16.1 Å². The van der Waals surface area contributed by atoms with E-state index in [1.54, 1.807) is 16.7 Å². The third-order valence-electron chi connectivity index (χ3n) is 4.46. The Morgan fingerprint density at radius 2 is 2.04 bits per heavy atom. The number of likely N-dealkylation sites (tertiary alicyclic amines) is 1. The molecule has 1 fully saturated rings. The number of imide groups is 1. The Morgan fingerprint density at radius 1 is 1.27 bits per heavy atom. The summed E-state index contributed by atoms with van der Waals surface area (Å²) in [5, 5.41) is 1.12. The highest BCUT2D eigenvalue weighted by molar-refractivity contribution is 7.99. The third-order valence-corrected chi connectivity index (χ3v) is 5.42. The largest absolute Gasteiger partial charge is 0.287 e. The van der Waals surface area contributed by atoms with Gasteiger partial charge in [-0.25, -0.2) is 4.98 Å². The molecule has 0 spiro atoms. The number of rotatable bonds is 6. The van der Waals surface area contributed by atoms with Crippen molar-refractivity contribution in [3.63, 3.8) is 0 Å². The number of hydrogen-bond acceptors (Lipinski definition) is 5. The molecule has 2 aromatic rings. The van der Waals surface area contributed by atoms with Gasteiger partial charge in [-0.05, 0) is 30.9 Å². The first-order valence-electron chi connectivity index (χ1n) is 8.93. The van der Waals surface area contributed by atoms with Crippen molar-refractivity contribution >= 4 is 34.5 Å². The third kappa shape index (κ3) is 3.98. The molecule has 138 valence electrons. The van der Waals surface area contributed by atoms with Crippen LogP contribution >= 0.6 is 11.8 Å². The second-order valence-electron chi connectivity index (χ2n) is 6.88. The van der Waals surface area contributed by atoms with Crippen molar-refractivity contribution < 1.29 is 9.59 Å². The number of carbonyl (C=O) groups is 2. The molecule has 1 aliphatic rings. The summed E-state index contributed by atoms with van der Waals surface area (Å²) >= 11 is 1.23. The molecule has 2 heterocycles. The fourth-order valence-electron chi connectivity index (χ4n) is 2.96. The van der Waals surface area contributed by atoms with Crippen molar-refractivity contribution in [1.29, 1.82) is 0 Å². The first-order chi connectivity index (χ1) is 12.5. The number of carbonyl (C=O) groups excluding carboxylic acids is 2. The van der Waals surface area contributed by atoms with Crippen LogP contribution in [0.1, 0.15) is 33.1 Å². The molecule has 0 unspecified atom stereocenters. The van der Waals surface area contributed by atoms with Gasteiger partial charge in [0.05, 0.1) is 16.7 Å². The predicted molar refractivity (Wildman–Crippen MR) is 102 cm³/mol. The predicted octanol–water partition coefficient (Wildman–Crippen LogP) is 2.68. The van der Waals surface area contributed by atoms with E-state index in [4.69, 9.17) is 0 Å². The summed E-state index contributed by atoms with van der Waals surface area (Å²) in [4.78, 5) is 42.8. The highest BCUT2D eigenvalue weighted by Gasteiger charge is 2.26. The molecule has 2 amide bonds. The zero-order valence-electron chi connectivity index (χ0n) is 15.1. The van der Waals surface area contributed by atoms with Crippen molar-refractivity contribution in [3.8, 4) is 0 Å². The van der Waals surface area contributed by atoms with Crippen molar-refractivity contribution in [3.05, 3.63) is 34.6 Å². The molecule has 1 aromatic carbocycles. The van der Waals surface area contributed by atoms with Gasteiger partial charge in [-0.1, -0.05) is 37.7 Å². The van der Waals surface area contributed by atoms with Gasteiger partial charge in [-0.15, -0.1) is 0 Å². The maximum absolute atomic E-state index is 12.9. The molecule has 6 nitrogen and oxygen atoms in total. The molecule has 0 N–H and O–H groups in total. The Kier molecular flexibility index (Phi) is 5.76. The summed E-state index contributed by atoms with van der Waals surface area (Å²) in [7, 11) is 0. The van der Waals surface area contributed by atoms with Gasteiger partial charge in [-0.3, -0.25) is 23.9 Å². The summed E-state index contributed by atoms with van der Waals surface area (Å²) in [6.45, 7) is 5.26. The molecule has 1 saturated heterocycles. The number of thioether (sulfide) groups is 1. The lowest BCUT2D eigenvalue weighted by Crippen LogP contribution is -2.33. The van der Waals surface area contributed by atoms with Crippen LogP contribution in [0.2, 0.25) is 0 Å².